The van der Waals surface area contributed by atoms with Crippen LogP contribution < -0.4 is 0 Å². The molecule has 0 aliphatic heterocycles. The number of methoxy groups -OCH3 is 1. The molecular weight excluding hydrogens is 104 g/mol. The van der Waals surface area contributed by atoms with Gasteiger partial charge in [0, 0.05) is 7.11 Å². The van der Waals surface area contributed by atoms with E-state index in [1.165, 1.54) is 0 Å². The van der Waals surface area contributed by atoms with Crippen LogP contribution in [-0.4, -0.2) is 24.9 Å². The monoisotopic (exact) mass is 116 g/mol. The summed E-state index contributed by atoms with van der Waals surface area (Å²) in [4.78, 5) is 0. The third-order valence-electron chi connectivity index (χ3n) is 0.967. The molecule has 0 aliphatic rings. The molecule has 0 saturated heterocycles. The fourth-order valence-corrected chi connectivity index (χ4v) is 0.431. The predicted molar refractivity (Wildman–Crippen MR) is 32.7 cm³/mol. The van der Waals surface area contributed by atoms with Crippen LogP contribution in [0.4, 0.5) is 0 Å². The summed E-state index contributed by atoms with van der Waals surface area (Å²) in [7, 11) is 1.57. The molecule has 0 amide bonds. The molecule has 8 heavy (non-hydrogen) atoms. The first kappa shape index (κ1) is 7.66. The Bertz CT molecular complexity index is 57.5. The van der Waals surface area contributed by atoms with Gasteiger partial charge < -0.3 is 9.84 Å². The van der Waals surface area contributed by atoms with E-state index in [1.54, 1.807) is 13.2 Å². The van der Waals surface area contributed by atoms with E-state index in [1.807, 2.05) is 0 Å². The lowest BCUT2D eigenvalue weighted by Gasteiger charge is -2.07. The topological polar surface area (TPSA) is 29.5 Å². The van der Waals surface area contributed by atoms with Gasteiger partial charge in [0.25, 0.3) is 0 Å². The van der Waals surface area contributed by atoms with Gasteiger partial charge in [0.05, 0.1) is 12.7 Å². The highest BCUT2D eigenvalue weighted by molar-refractivity contribution is 4.72. The third-order valence-corrected chi connectivity index (χ3v) is 0.967. The zero-order valence-corrected chi connectivity index (χ0v) is 5.13. The second kappa shape index (κ2) is 4.81. The van der Waals surface area contributed by atoms with Gasteiger partial charge in [-0.3, -0.25) is 0 Å². The van der Waals surface area contributed by atoms with E-state index in [0.29, 0.717) is 6.42 Å². The molecule has 0 aromatic rings. The molecule has 0 saturated carbocycles. The zero-order valence-electron chi connectivity index (χ0n) is 5.13. The molecule has 1 unspecified atom stereocenters. The number of aliphatic hydroxyl groups excluding tert-OH is 1. The summed E-state index contributed by atoms with van der Waals surface area (Å²) in [5.41, 5.74) is 0. The summed E-state index contributed by atoms with van der Waals surface area (Å²) < 4.78 is 4.82. The number of rotatable bonds is 4. The van der Waals surface area contributed by atoms with Crippen molar-refractivity contribution in [3.8, 4) is 0 Å². The van der Waals surface area contributed by atoms with Crippen LogP contribution in [0.1, 0.15) is 6.42 Å². The molecule has 0 aromatic heterocycles. The van der Waals surface area contributed by atoms with E-state index in [2.05, 4.69) is 6.58 Å². The Morgan fingerprint density at radius 2 is 2.50 bits per heavy atom. The Kier molecular flexibility index (Phi) is 4.61. The highest BCUT2D eigenvalue weighted by Crippen LogP contribution is 1.94. The second-order valence-corrected chi connectivity index (χ2v) is 1.56. The lowest BCUT2D eigenvalue weighted by atomic mass is 10.3. The predicted octanol–water partition coefficient (Wildman–Crippen LogP) is 0.570. The van der Waals surface area contributed by atoms with Crippen LogP contribution in [-0.2, 0) is 4.74 Å². The Morgan fingerprint density at radius 3 is 2.62 bits per heavy atom. The summed E-state index contributed by atoms with van der Waals surface area (Å²) in [6, 6.07) is 0. The SMILES string of the molecule is C=CCC(CO)OC. The summed E-state index contributed by atoms with van der Waals surface area (Å²) in [5, 5.41) is 8.48. The van der Waals surface area contributed by atoms with Crippen LogP contribution in [0.15, 0.2) is 12.7 Å². The summed E-state index contributed by atoms with van der Waals surface area (Å²) in [6.07, 6.45) is 2.38. The van der Waals surface area contributed by atoms with Crippen LogP contribution in [0.3, 0.4) is 0 Å². The van der Waals surface area contributed by atoms with Crippen molar-refractivity contribution in [2.24, 2.45) is 0 Å². The van der Waals surface area contributed by atoms with E-state index in [-0.39, 0.29) is 12.7 Å². The average molecular weight is 116 g/mol. The fourth-order valence-electron chi connectivity index (χ4n) is 0.431. The first-order valence-electron chi connectivity index (χ1n) is 2.59. The van der Waals surface area contributed by atoms with Crippen LogP contribution in [0.25, 0.3) is 0 Å². The molecule has 0 heterocycles. The van der Waals surface area contributed by atoms with Crippen molar-refractivity contribution < 1.29 is 9.84 Å². The quantitative estimate of drug-likeness (QED) is 0.544. The fraction of sp³-hybridized carbons (Fsp3) is 0.667. The maximum Gasteiger partial charge on any atom is 0.0836 e. The van der Waals surface area contributed by atoms with Gasteiger partial charge in [-0.25, -0.2) is 0 Å². The maximum absolute atomic E-state index is 8.48. The van der Waals surface area contributed by atoms with Gasteiger partial charge in [0.2, 0.25) is 0 Å². The van der Waals surface area contributed by atoms with Gasteiger partial charge in [-0.1, -0.05) is 6.08 Å². The number of hydrogen-bond donors (Lipinski definition) is 1. The normalized spacial score (nSPS) is 13.2. The lowest BCUT2D eigenvalue weighted by Crippen LogP contribution is -2.13. The van der Waals surface area contributed by atoms with Crippen LogP contribution in [0, 0.1) is 0 Å². The van der Waals surface area contributed by atoms with Crippen LogP contribution >= 0.6 is 0 Å². The van der Waals surface area contributed by atoms with E-state index < -0.39 is 0 Å². The van der Waals surface area contributed by atoms with Crippen molar-refractivity contribution in [2.45, 2.75) is 12.5 Å². The smallest absolute Gasteiger partial charge is 0.0836 e. The van der Waals surface area contributed by atoms with Gasteiger partial charge >= 0.3 is 0 Å². The summed E-state index contributed by atoms with van der Waals surface area (Å²) >= 11 is 0. The summed E-state index contributed by atoms with van der Waals surface area (Å²) in [5.74, 6) is 0. The van der Waals surface area contributed by atoms with Crippen molar-refractivity contribution >= 4 is 0 Å². The number of aliphatic hydroxyl groups is 1. The minimum absolute atomic E-state index is 0.0625. The second-order valence-electron chi connectivity index (χ2n) is 1.56. The van der Waals surface area contributed by atoms with Crippen LogP contribution in [0.5, 0.6) is 0 Å². The third kappa shape index (κ3) is 2.77. The van der Waals surface area contributed by atoms with Crippen molar-refractivity contribution in [2.75, 3.05) is 13.7 Å². The van der Waals surface area contributed by atoms with Gasteiger partial charge in [-0.05, 0) is 6.42 Å². The van der Waals surface area contributed by atoms with E-state index in [4.69, 9.17) is 9.84 Å². The van der Waals surface area contributed by atoms with Crippen molar-refractivity contribution in [1.29, 1.82) is 0 Å². The Hall–Kier alpha value is -0.340. The Balaban J connectivity index is 3.20. The minimum atomic E-state index is -0.0625. The van der Waals surface area contributed by atoms with Crippen molar-refractivity contribution in [3.63, 3.8) is 0 Å². The highest BCUT2D eigenvalue weighted by atomic mass is 16.5. The molecule has 2 nitrogen and oxygen atoms in total. The zero-order chi connectivity index (χ0) is 6.41. The highest BCUT2D eigenvalue weighted by Gasteiger charge is 1.99. The molecule has 0 spiro atoms. The first-order chi connectivity index (χ1) is 3.85. The molecule has 0 aliphatic carbocycles. The molecule has 2 heteroatoms. The van der Waals surface area contributed by atoms with Gasteiger partial charge in [0.1, 0.15) is 0 Å². The summed E-state index contributed by atoms with van der Waals surface area (Å²) in [6.45, 7) is 3.58. The molecule has 0 radical (unpaired) electrons. The van der Waals surface area contributed by atoms with Gasteiger partial charge in [-0.15, -0.1) is 6.58 Å². The average Bonchev–Trinajstić information content (AvgIpc) is 1.83. The largest absolute Gasteiger partial charge is 0.394 e. The molecular formula is C6H12O2. The Morgan fingerprint density at radius 1 is 1.88 bits per heavy atom. The molecule has 0 fully saturated rings. The first-order valence-corrected chi connectivity index (χ1v) is 2.59. The van der Waals surface area contributed by atoms with Gasteiger partial charge in [-0.2, -0.15) is 0 Å². The number of ether oxygens (including phenoxy) is 1. The van der Waals surface area contributed by atoms with Crippen molar-refractivity contribution in [1.82, 2.24) is 0 Å². The minimum Gasteiger partial charge on any atom is -0.394 e. The maximum atomic E-state index is 8.48. The van der Waals surface area contributed by atoms with E-state index in [9.17, 15) is 0 Å². The molecule has 0 aromatic carbocycles. The van der Waals surface area contributed by atoms with E-state index >= 15 is 0 Å². The Labute approximate surface area is 49.8 Å². The van der Waals surface area contributed by atoms with E-state index in [0.717, 1.165) is 0 Å². The standard InChI is InChI=1S/C6H12O2/c1-3-4-6(5-7)8-2/h3,6-7H,1,4-5H2,2H3. The molecule has 1 atom stereocenters. The van der Waals surface area contributed by atoms with Gasteiger partial charge in [0.15, 0.2) is 0 Å². The molecule has 1 N–H and O–H groups in total. The van der Waals surface area contributed by atoms with Crippen molar-refractivity contribution in [3.05, 3.63) is 12.7 Å². The molecule has 0 rings (SSSR count). The lowest BCUT2D eigenvalue weighted by molar-refractivity contribution is 0.0514. The molecule has 48 valence electrons. The number of hydrogen-bond acceptors (Lipinski definition) is 2. The van der Waals surface area contributed by atoms with Crippen LogP contribution in [0.2, 0.25) is 0 Å². The molecule has 0 bridgehead atoms.